The van der Waals surface area contributed by atoms with Crippen LogP contribution in [-0.4, -0.2) is 72.5 Å². The summed E-state index contributed by atoms with van der Waals surface area (Å²) in [6.45, 7) is 3.45. The molecule has 2 atom stereocenters. The van der Waals surface area contributed by atoms with E-state index in [1.165, 1.54) is 0 Å². The standard InChI is InChI=1S/C19H26N8O3S/c20-18-22-10-12(11-23-18)16-15-3-4-27(13-1-2-14(9-13)31(21,28)29)17(15)25-19(24-16)26-5-7-30-8-6-26/h10-11,13-14H,1-9H2,(H2,20,22,23)(H2,21,28,29)/t13-,14+/m1/s1. The van der Waals surface area contributed by atoms with E-state index in [1.807, 2.05) is 0 Å². The van der Waals surface area contributed by atoms with Crippen molar-refractivity contribution in [3.8, 4) is 11.3 Å². The van der Waals surface area contributed by atoms with Gasteiger partial charge in [0.05, 0.1) is 24.2 Å². The maximum Gasteiger partial charge on any atom is 0.228 e. The second-order valence-corrected chi connectivity index (χ2v) is 10.1. The number of nitrogens with zero attached hydrogens (tertiary/aromatic N) is 6. The first-order chi connectivity index (χ1) is 14.9. The van der Waals surface area contributed by atoms with Crippen molar-refractivity contribution in [2.75, 3.05) is 48.4 Å². The fraction of sp³-hybridized carbons (Fsp3) is 0.579. The zero-order chi connectivity index (χ0) is 21.6. The number of sulfonamides is 1. The molecule has 5 rings (SSSR count). The van der Waals surface area contributed by atoms with Crippen LogP contribution in [0.4, 0.5) is 17.7 Å². The topological polar surface area (TPSA) is 153 Å². The molecule has 0 aromatic carbocycles. The highest BCUT2D eigenvalue weighted by atomic mass is 32.2. The largest absolute Gasteiger partial charge is 0.378 e. The molecule has 4 N–H and O–H groups in total. The van der Waals surface area contributed by atoms with Crippen molar-refractivity contribution >= 4 is 27.7 Å². The number of hydrogen-bond donors (Lipinski definition) is 2. The smallest absolute Gasteiger partial charge is 0.228 e. The van der Waals surface area contributed by atoms with E-state index in [0.29, 0.717) is 45.1 Å². The van der Waals surface area contributed by atoms with Gasteiger partial charge in [-0.05, 0) is 25.7 Å². The summed E-state index contributed by atoms with van der Waals surface area (Å²) in [4.78, 5) is 22.4. The zero-order valence-electron chi connectivity index (χ0n) is 17.1. The van der Waals surface area contributed by atoms with Gasteiger partial charge in [-0.15, -0.1) is 0 Å². The van der Waals surface area contributed by atoms with Gasteiger partial charge in [0.15, 0.2) is 0 Å². The van der Waals surface area contributed by atoms with Crippen molar-refractivity contribution in [1.29, 1.82) is 0 Å². The highest BCUT2D eigenvalue weighted by Crippen LogP contribution is 2.40. The third kappa shape index (κ3) is 3.90. The molecule has 2 aromatic heterocycles. The van der Waals surface area contributed by atoms with E-state index in [2.05, 4.69) is 19.8 Å². The number of hydrogen-bond acceptors (Lipinski definition) is 10. The maximum absolute atomic E-state index is 11.9. The summed E-state index contributed by atoms with van der Waals surface area (Å²) < 4.78 is 29.2. The Balaban J connectivity index is 1.54. The third-order valence-electron chi connectivity index (χ3n) is 6.35. The molecule has 0 unspecified atom stereocenters. The number of morpholine rings is 1. The van der Waals surface area contributed by atoms with E-state index in [4.69, 9.17) is 25.6 Å². The van der Waals surface area contributed by atoms with Gasteiger partial charge >= 0.3 is 0 Å². The molecule has 12 heteroatoms. The van der Waals surface area contributed by atoms with Gasteiger partial charge in [-0.3, -0.25) is 0 Å². The third-order valence-corrected chi connectivity index (χ3v) is 7.71. The molecule has 0 radical (unpaired) electrons. The predicted octanol–water partition coefficient (Wildman–Crippen LogP) is -0.0755. The van der Waals surface area contributed by atoms with Crippen LogP contribution in [0.25, 0.3) is 11.3 Å². The molecule has 1 saturated heterocycles. The fourth-order valence-corrected chi connectivity index (χ4v) is 5.68. The zero-order valence-corrected chi connectivity index (χ0v) is 18.0. The Labute approximate surface area is 180 Å². The molecule has 166 valence electrons. The Bertz CT molecular complexity index is 1070. The Hall–Kier alpha value is -2.57. The Kier molecular flexibility index (Phi) is 5.15. The molecule has 31 heavy (non-hydrogen) atoms. The molecular formula is C19H26N8O3S. The first kappa shape index (κ1) is 20.3. The number of rotatable bonds is 4. The summed E-state index contributed by atoms with van der Waals surface area (Å²) in [5, 5.41) is 4.92. The lowest BCUT2D eigenvalue weighted by molar-refractivity contribution is 0.122. The molecule has 3 aliphatic rings. The molecule has 0 spiro atoms. The van der Waals surface area contributed by atoms with Crippen LogP contribution in [0.15, 0.2) is 12.4 Å². The Morgan fingerprint density at radius 2 is 1.81 bits per heavy atom. The summed E-state index contributed by atoms with van der Waals surface area (Å²) >= 11 is 0. The van der Waals surface area contributed by atoms with Crippen molar-refractivity contribution in [2.24, 2.45) is 5.14 Å². The van der Waals surface area contributed by atoms with E-state index >= 15 is 0 Å². The Morgan fingerprint density at radius 3 is 2.48 bits per heavy atom. The van der Waals surface area contributed by atoms with Gasteiger partial charge in [0.25, 0.3) is 0 Å². The van der Waals surface area contributed by atoms with Gasteiger partial charge in [-0.2, -0.15) is 4.98 Å². The molecule has 1 aliphatic carbocycles. The van der Waals surface area contributed by atoms with E-state index in [9.17, 15) is 8.42 Å². The van der Waals surface area contributed by atoms with Crippen LogP contribution in [0.3, 0.4) is 0 Å². The molecule has 0 amide bonds. The maximum atomic E-state index is 11.9. The first-order valence-corrected chi connectivity index (χ1v) is 12.1. The minimum absolute atomic E-state index is 0.0903. The van der Waals surface area contributed by atoms with Gasteiger partial charge < -0.3 is 20.3 Å². The van der Waals surface area contributed by atoms with E-state index in [-0.39, 0.29) is 12.0 Å². The van der Waals surface area contributed by atoms with Crippen LogP contribution in [0.2, 0.25) is 0 Å². The van der Waals surface area contributed by atoms with E-state index in [0.717, 1.165) is 42.0 Å². The molecule has 0 bridgehead atoms. The van der Waals surface area contributed by atoms with Gasteiger partial charge in [-0.1, -0.05) is 0 Å². The number of aromatic nitrogens is 4. The predicted molar refractivity (Wildman–Crippen MR) is 116 cm³/mol. The summed E-state index contributed by atoms with van der Waals surface area (Å²) in [5.74, 6) is 1.72. The number of nitrogens with two attached hydrogens (primary N) is 2. The lowest BCUT2D eigenvalue weighted by Gasteiger charge is -2.30. The van der Waals surface area contributed by atoms with Crippen LogP contribution >= 0.6 is 0 Å². The second kappa shape index (κ2) is 7.84. The normalized spacial score (nSPS) is 23.9. The van der Waals surface area contributed by atoms with Crippen molar-refractivity contribution < 1.29 is 13.2 Å². The van der Waals surface area contributed by atoms with Crippen LogP contribution in [0.1, 0.15) is 24.8 Å². The monoisotopic (exact) mass is 446 g/mol. The van der Waals surface area contributed by atoms with Crippen molar-refractivity contribution in [2.45, 2.75) is 37.0 Å². The van der Waals surface area contributed by atoms with Crippen molar-refractivity contribution in [3.05, 3.63) is 18.0 Å². The number of nitrogen functional groups attached to an aromatic ring is 1. The lowest BCUT2D eigenvalue weighted by atomic mass is 10.1. The molecule has 4 heterocycles. The van der Waals surface area contributed by atoms with Crippen LogP contribution in [-0.2, 0) is 21.2 Å². The summed E-state index contributed by atoms with van der Waals surface area (Å²) in [6.07, 6.45) is 6.02. The average Bonchev–Trinajstić information content (AvgIpc) is 3.41. The van der Waals surface area contributed by atoms with Gasteiger partial charge in [-0.25, -0.2) is 28.5 Å². The van der Waals surface area contributed by atoms with Crippen LogP contribution in [0, 0.1) is 0 Å². The molecule has 2 aliphatic heterocycles. The highest BCUT2D eigenvalue weighted by Gasteiger charge is 2.39. The second-order valence-electron chi connectivity index (χ2n) is 8.23. The quantitative estimate of drug-likeness (QED) is 0.652. The molecular weight excluding hydrogens is 420 g/mol. The Morgan fingerprint density at radius 1 is 1.06 bits per heavy atom. The van der Waals surface area contributed by atoms with Gasteiger partial charge in [0.1, 0.15) is 5.82 Å². The van der Waals surface area contributed by atoms with Crippen LogP contribution in [0.5, 0.6) is 0 Å². The fourth-order valence-electron chi connectivity index (χ4n) is 4.72. The van der Waals surface area contributed by atoms with E-state index < -0.39 is 15.3 Å². The molecule has 2 aromatic rings. The number of primary sulfonamides is 1. The minimum Gasteiger partial charge on any atom is -0.378 e. The molecule has 1 saturated carbocycles. The van der Waals surface area contributed by atoms with E-state index in [1.54, 1.807) is 12.4 Å². The number of anilines is 3. The summed E-state index contributed by atoms with van der Waals surface area (Å²) in [5.41, 5.74) is 8.30. The average molecular weight is 447 g/mol. The van der Waals surface area contributed by atoms with Crippen LogP contribution < -0.4 is 20.7 Å². The van der Waals surface area contributed by atoms with Gasteiger partial charge in [0, 0.05) is 49.2 Å². The van der Waals surface area contributed by atoms with Crippen molar-refractivity contribution in [3.63, 3.8) is 0 Å². The summed E-state index contributed by atoms with van der Waals surface area (Å²) in [7, 11) is -3.53. The number of fused-ring (bicyclic) bond motifs is 1. The summed E-state index contributed by atoms with van der Waals surface area (Å²) in [6, 6.07) is 0.0903. The minimum atomic E-state index is -3.53. The highest BCUT2D eigenvalue weighted by molar-refractivity contribution is 7.89. The number of ether oxygens (including phenoxy) is 1. The first-order valence-electron chi connectivity index (χ1n) is 10.5. The lowest BCUT2D eigenvalue weighted by Crippen LogP contribution is -2.38. The molecule has 11 nitrogen and oxygen atoms in total. The van der Waals surface area contributed by atoms with Crippen molar-refractivity contribution in [1.82, 2.24) is 19.9 Å². The SMILES string of the molecule is Nc1ncc(-c2nc(N3CCOCC3)nc3c2CCN3[C@@H]2CC[C@H](S(N)(=O)=O)C2)cn1. The molecule has 2 fully saturated rings. The van der Waals surface area contributed by atoms with Gasteiger partial charge in [0.2, 0.25) is 21.9 Å².